The summed E-state index contributed by atoms with van der Waals surface area (Å²) >= 11 is 0. The van der Waals surface area contributed by atoms with Crippen molar-refractivity contribution in [1.29, 1.82) is 5.26 Å². The van der Waals surface area contributed by atoms with E-state index in [0.29, 0.717) is 11.5 Å². The number of aliphatic hydroxyl groups excluding tert-OH is 2. The highest BCUT2D eigenvalue weighted by Crippen LogP contribution is 2.30. The van der Waals surface area contributed by atoms with Crippen LogP contribution in [0.2, 0.25) is 0 Å². The fraction of sp³-hybridized carbons (Fsp3) is 0.308. The average Bonchev–Trinajstić information content (AvgIpc) is 3.34. The molecule has 1 fully saturated rings. The number of amides is 1. The van der Waals surface area contributed by atoms with Gasteiger partial charge in [-0.1, -0.05) is 18.2 Å². The SMILES string of the molecule is N#CC(=Cc1ccc(-c2ccc3cc(N4CCCCC4)ccc3c2)o1)C(=O)NCC(O)CO. The molecule has 1 unspecified atom stereocenters. The molecule has 0 radical (unpaired) electrons. The molecular weight excluding hydrogens is 418 g/mol. The third kappa shape index (κ3) is 5.43. The Bertz CT molecular complexity index is 1200. The highest BCUT2D eigenvalue weighted by Gasteiger charge is 2.14. The molecule has 1 aromatic heterocycles. The van der Waals surface area contributed by atoms with Gasteiger partial charge in [-0.25, -0.2) is 0 Å². The molecule has 0 aliphatic carbocycles. The summed E-state index contributed by atoms with van der Waals surface area (Å²) in [5.41, 5.74) is 2.01. The van der Waals surface area contributed by atoms with Crippen molar-refractivity contribution >= 4 is 28.4 Å². The Labute approximate surface area is 192 Å². The summed E-state index contributed by atoms with van der Waals surface area (Å²) in [5.74, 6) is 0.370. The van der Waals surface area contributed by atoms with E-state index in [1.165, 1.54) is 36.4 Å². The molecule has 1 atom stereocenters. The van der Waals surface area contributed by atoms with E-state index in [0.717, 1.165) is 24.0 Å². The molecule has 33 heavy (non-hydrogen) atoms. The molecule has 1 saturated heterocycles. The maximum atomic E-state index is 12.1. The van der Waals surface area contributed by atoms with Gasteiger partial charge in [0.2, 0.25) is 0 Å². The van der Waals surface area contributed by atoms with Crippen molar-refractivity contribution < 1.29 is 19.4 Å². The van der Waals surface area contributed by atoms with E-state index in [9.17, 15) is 15.2 Å². The first-order valence-corrected chi connectivity index (χ1v) is 11.2. The number of carbonyl (C=O) groups excluding carboxylic acids is 1. The fourth-order valence-electron chi connectivity index (χ4n) is 3.98. The molecular formula is C26H27N3O4. The number of rotatable bonds is 7. The first kappa shape index (κ1) is 22.6. The quantitative estimate of drug-likeness (QED) is 0.380. The van der Waals surface area contributed by atoms with Crippen molar-refractivity contribution in [3.8, 4) is 17.4 Å². The van der Waals surface area contributed by atoms with Gasteiger partial charge in [-0.05, 0) is 60.4 Å². The number of anilines is 1. The summed E-state index contributed by atoms with van der Waals surface area (Å²) in [7, 11) is 0. The lowest BCUT2D eigenvalue weighted by Crippen LogP contribution is -2.34. The molecule has 2 heterocycles. The van der Waals surface area contributed by atoms with Crippen LogP contribution in [0.3, 0.4) is 0 Å². The molecule has 2 aromatic carbocycles. The van der Waals surface area contributed by atoms with E-state index in [1.54, 1.807) is 12.1 Å². The van der Waals surface area contributed by atoms with Crippen molar-refractivity contribution in [3.05, 3.63) is 59.9 Å². The Kier molecular flexibility index (Phi) is 7.08. The lowest BCUT2D eigenvalue weighted by Gasteiger charge is -2.29. The molecule has 7 heteroatoms. The average molecular weight is 446 g/mol. The zero-order valence-corrected chi connectivity index (χ0v) is 18.3. The number of furan rings is 1. The highest BCUT2D eigenvalue weighted by atomic mass is 16.3. The van der Waals surface area contributed by atoms with Crippen LogP contribution in [0, 0.1) is 11.3 Å². The normalized spacial score (nSPS) is 15.3. The van der Waals surface area contributed by atoms with Gasteiger partial charge in [0.15, 0.2) is 0 Å². The Balaban J connectivity index is 1.51. The summed E-state index contributed by atoms with van der Waals surface area (Å²) in [4.78, 5) is 14.6. The number of aliphatic hydroxyl groups is 2. The van der Waals surface area contributed by atoms with Crippen LogP contribution in [-0.2, 0) is 4.79 Å². The molecule has 0 spiro atoms. The highest BCUT2D eigenvalue weighted by molar-refractivity contribution is 6.01. The van der Waals surface area contributed by atoms with Crippen molar-refractivity contribution in [2.45, 2.75) is 25.4 Å². The fourth-order valence-corrected chi connectivity index (χ4v) is 3.98. The van der Waals surface area contributed by atoms with Gasteiger partial charge in [0.25, 0.3) is 5.91 Å². The third-order valence-corrected chi connectivity index (χ3v) is 5.82. The van der Waals surface area contributed by atoms with Gasteiger partial charge in [-0.2, -0.15) is 5.26 Å². The van der Waals surface area contributed by atoms with Crippen LogP contribution >= 0.6 is 0 Å². The Morgan fingerprint density at radius 1 is 1.12 bits per heavy atom. The first-order chi connectivity index (χ1) is 16.1. The zero-order chi connectivity index (χ0) is 23.2. The van der Waals surface area contributed by atoms with Crippen LogP contribution in [0.15, 0.2) is 58.5 Å². The van der Waals surface area contributed by atoms with Crippen molar-refractivity contribution in [2.24, 2.45) is 0 Å². The largest absolute Gasteiger partial charge is 0.457 e. The Morgan fingerprint density at radius 2 is 1.88 bits per heavy atom. The van der Waals surface area contributed by atoms with E-state index < -0.39 is 18.6 Å². The van der Waals surface area contributed by atoms with Crippen LogP contribution in [0.4, 0.5) is 5.69 Å². The molecule has 3 N–H and O–H groups in total. The number of fused-ring (bicyclic) bond motifs is 1. The summed E-state index contributed by atoms with van der Waals surface area (Å²) in [6.07, 6.45) is 4.07. The molecule has 0 bridgehead atoms. The third-order valence-electron chi connectivity index (χ3n) is 5.82. The van der Waals surface area contributed by atoms with E-state index in [-0.39, 0.29) is 12.1 Å². The molecule has 7 nitrogen and oxygen atoms in total. The smallest absolute Gasteiger partial charge is 0.262 e. The zero-order valence-electron chi connectivity index (χ0n) is 18.3. The van der Waals surface area contributed by atoms with Crippen LogP contribution in [0.1, 0.15) is 25.0 Å². The summed E-state index contributed by atoms with van der Waals surface area (Å²) in [5, 5.41) is 32.2. The topological polar surface area (TPSA) is 110 Å². The Morgan fingerprint density at radius 3 is 2.64 bits per heavy atom. The molecule has 3 aromatic rings. The van der Waals surface area contributed by atoms with Gasteiger partial charge in [0.05, 0.1) is 12.7 Å². The molecule has 170 valence electrons. The number of nitrogens with zero attached hydrogens (tertiary/aromatic N) is 2. The second-order valence-electron chi connectivity index (χ2n) is 8.21. The number of piperidine rings is 1. The van der Waals surface area contributed by atoms with Gasteiger partial charge in [-0.15, -0.1) is 0 Å². The summed E-state index contributed by atoms with van der Waals surface area (Å²) in [6, 6.07) is 18.0. The van der Waals surface area contributed by atoms with Crippen LogP contribution < -0.4 is 10.2 Å². The first-order valence-electron chi connectivity index (χ1n) is 11.2. The van der Waals surface area contributed by atoms with Gasteiger partial charge >= 0.3 is 0 Å². The molecule has 1 aliphatic rings. The van der Waals surface area contributed by atoms with Crippen LogP contribution in [-0.4, -0.2) is 48.5 Å². The predicted octanol–water partition coefficient (Wildman–Crippen LogP) is 3.47. The number of benzene rings is 2. The van der Waals surface area contributed by atoms with Crippen molar-refractivity contribution in [1.82, 2.24) is 5.32 Å². The maximum absolute atomic E-state index is 12.1. The standard InChI is InChI=1S/C26H27N3O4/c27-15-21(26(32)28-16-23(31)17-30)14-24-8-9-25(33-24)20-5-4-19-13-22(7-6-18(19)12-20)29-10-2-1-3-11-29/h4-9,12-14,23,30-31H,1-3,10-11,16-17H2,(H,28,32). The van der Waals surface area contributed by atoms with Crippen LogP contribution in [0.5, 0.6) is 0 Å². The van der Waals surface area contributed by atoms with Gasteiger partial charge in [0.1, 0.15) is 23.2 Å². The van der Waals surface area contributed by atoms with E-state index in [2.05, 4.69) is 40.5 Å². The lowest BCUT2D eigenvalue weighted by atomic mass is 10.0. The van der Waals surface area contributed by atoms with E-state index in [4.69, 9.17) is 9.52 Å². The Hall–Kier alpha value is -3.60. The number of carbonyl (C=O) groups is 1. The summed E-state index contributed by atoms with van der Waals surface area (Å²) < 4.78 is 5.86. The minimum Gasteiger partial charge on any atom is -0.457 e. The van der Waals surface area contributed by atoms with Gasteiger partial charge < -0.3 is 24.8 Å². The minimum absolute atomic E-state index is 0.145. The second-order valence-corrected chi connectivity index (χ2v) is 8.21. The summed E-state index contributed by atoms with van der Waals surface area (Å²) in [6.45, 7) is 1.60. The van der Waals surface area contributed by atoms with E-state index >= 15 is 0 Å². The van der Waals surface area contributed by atoms with Gasteiger partial charge in [0, 0.05) is 37.0 Å². The molecule has 1 amide bonds. The van der Waals surface area contributed by atoms with Crippen molar-refractivity contribution in [2.75, 3.05) is 31.1 Å². The maximum Gasteiger partial charge on any atom is 0.262 e. The number of hydrogen-bond donors (Lipinski definition) is 3. The van der Waals surface area contributed by atoms with Crippen LogP contribution in [0.25, 0.3) is 28.2 Å². The van der Waals surface area contributed by atoms with E-state index in [1.807, 2.05) is 12.1 Å². The minimum atomic E-state index is -1.08. The molecule has 4 rings (SSSR count). The molecule has 1 aliphatic heterocycles. The van der Waals surface area contributed by atoms with Gasteiger partial charge in [-0.3, -0.25) is 4.79 Å². The van der Waals surface area contributed by atoms with Crippen molar-refractivity contribution in [3.63, 3.8) is 0 Å². The monoisotopic (exact) mass is 445 g/mol. The predicted molar refractivity (Wildman–Crippen MR) is 127 cm³/mol. The number of nitriles is 1. The molecule has 0 saturated carbocycles. The second kappa shape index (κ2) is 10.3. The number of nitrogens with one attached hydrogen (secondary N) is 1. The number of hydrogen-bond acceptors (Lipinski definition) is 6. The lowest BCUT2D eigenvalue weighted by molar-refractivity contribution is -0.117.